The lowest BCUT2D eigenvalue weighted by atomic mass is 9.74. The third-order valence-electron chi connectivity index (χ3n) is 8.96. The second-order valence-corrected chi connectivity index (χ2v) is 12.7. The second-order valence-electron chi connectivity index (χ2n) is 12.7. The fourth-order valence-electron chi connectivity index (χ4n) is 6.56. The molecule has 1 fully saturated rings. The summed E-state index contributed by atoms with van der Waals surface area (Å²) in [6, 6.07) is 13.9. The minimum absolute atomic E-state index is 0.0723. The minimum atomic E-state index is -0.839. The van der Waals surface area contributed by atoms with Gasteiger partial charge in [-0.15, -0.1) is 0 Å². The van der Waals surface area contributed by atoms with Crippen LogP contribution in [0.2, 0.25) is 0 Å². The quantitative estimate of drug-likeness (QED) is 0.483. The molecule has 4 aliphatic rings. The van der Waals surface area contributed by atoms with Gasteiger partial charge in [0.25, 0.3) is 5.91 Å². The summed E-state index contributed by atoms with van der Waals surface area (Å²) in [6.07, 6.45) is 6.73. The van der Waals surface area contributed by atoms with Crippen molar-refractivity contribution in [1.82, 2.24) is 20.4 Å². The van der Waals surface area contributed by atoms with Gasteiger partial charge < -0.3 is 29.9 Å². The van der Waals surface area contributed by atoms with E-state index in [1.807, 2.05) is 36.9 Å². The Labute approximate surface area is 265 Å². The van der Waals surface area contributed by atoms with Crippen LogP contribution in [0.1, 0.15) is 49.8 Å². The molecule has 0 radical (unpaired) electrons. The average Bonchev–Trinajstić information content (AvgIpc) is 3.38. The Morgan fingerprint density at radius 3 is 2.47 bits per heavy atom. The predicted octanol–water partition coefficient (Wildman–Crippen LogP) is 2.70. The smallest absolute Gasteiger partial charge is 0.258 e. The molecule has 2 aromatic rings. The van der Waals surface area contributed by atoms with Crippen LogP contribution in [-0.4, -0.2) is 92.0 Å². The first-order valence-electron chi connectivity index (χ1n) is 15.8. The van der Waals surface area contributed by atoms with Crippen LogP contribution in [0.15, 0.2) is 54.6 Å². The maximum Gasteiger partial charge on any atom is 0.258 e. The number of hydrogen-bond donors (Lipinski definition) is 2. The number of benzene rings is 2. The van der Waals surface area contributed by atoms with E-state index >= 15 is 0 Å². The van der Waals surface area contributed by atoms with Gasteiger partial charge in [0.2, 0.25) is 17.7 Å². The highest BCUT2D eigenvalue weighted by Gasteiger charge is 2.40. The maximum absolute atomic E-state index is 14.0. The van der Waals surface area contributed by atoms with Gasteiger partial charge >= 0.3 is 0 Å². The number of likely N-dealkylation sites (tertiary alicyclic amines) is 1. The van der Waals surface area contributed by atoms with Crippen molar-refractivity contribution in [3.05, 3.63) is 71.3 Å². The predicted molar refractivity (Wildman–Crippen MR) is 170 cm³/mol. The standard InChI is InChI=1S/C35H44N4O6/c1-24(2)20-29-34(43)39(18-19-44-3)22-31(40)36-30(21-25-8-10-27(11-9-25)45-23-32(41)37-29)33(42)38-16-14-35(15-17-38)13-12-26-6-4-5-7-28(26)35/h4-13,24,29-30H,14-23H2,1-3H3,(H,36,40)(H,37,41)/t29-,30-/m0/s1. The molecule has 2 aromatic carbocycles. The fourth-order valence-corrected chi connectivity index (χ4v) is 6.56. The summed E-state index contributed by atoms with van der Waals surface area (Å²) in [5.41, 5.74) is 3.31. The van der Waals surface area contributed by atoms with Crippen molar-refractivity contribution in [1.29, 1.82) is 0 Å². The van der Waals surface area contributed by atoms with E-state index < -0.39 is 23.9 Å². The number of carbonyl (C=O) groups excluding carboxylic acids is 4. The van der Waals surface area contributed by atoms with E-state index in [1.54, 1.807) is 12.1 Å². The molecule has 4 amide bonds. The van der Waals surface area contributed by atoms with E-state index in [0.29, 0.717) is 25.3 Å². The van der Waals surface area contributed by atoms with Gasteiger partial charge in [-0.25, -0.2) is 0 Å². The third-order valence-corrected chi connectivity index (χ3v) is 8.96. The first kappa shape index (κ1) is 32.2. The molecule has 3 heterocycles. The Bertz CT molecular complexity index is 1410. The summed E-state index contributed by atoms with van der Waals surface area (Å²) in [5.74, 6) is -0.793. The summed E-state index contributed by atoms with van der Waals surface area (Å²) >= 11 is 0. The molecule has 0 aromatic heterocycles. The molecule has 2 atom stereocenters. The van der Waals surface area contributed by atoms with Gasteiger partial charge in [0, 0.05) is 38.6 Å². The second kappa shape index (κ2) is 14.3. The van der Waals surface area contributed by atoms with E-state index in [1.165, 1.54) is 23.1 Å². The Hall–Kier alpha value is -4.18. The number of allylic oxidation sites excluding steroid dienone is 1. The van der Waals surface area contributed by atoms with E-state index in [2.05, 4.69) is 41.0 Å². The lowest BCUT2D eigenvalue weighted by molar-refractivity contribution is -0.142. The fraction of sp³-hybridized carbons (Fsp3) is 0.486. The third kappa shape index (κ3) is 7.73. The van der Waals surface area contributed by atoms with Gasteiger partial charge in [-0.2, -0.15) is 0 Å². The molecule has 0 unspecified atom stereocenters. The van der Waals surface area contributed by atoms with E-state index in [-0.39, 0.29) is 55.9 Å². The first-order valence-corrected chi connectivity index (χ1v) is 15.8. The average molecular weight is 617 g/mol. The molecule has 6 rings (SSSR count). The molecule has 2 N–H and O–H groups in total. The van der Waals surface area contributed by atoms with Crippen LogP contribution in [-0.2, 0) is 35.8 Å². The number of nitrogens with one attached hydrogen (secondary N) is 2. The van der Waals surface area contributed by atoms with E-state index in [9.17, 15) is 19.2 Å². The van der Waals surface area contributed by atoms with Crippen molar-refractivity contribution in [3.8, 4) is 5.75 Å². The van der Waals surface area contributed by atoms with Crippen molar-refractivity contribution < 1.29 is 28.7 Å². The number of methoxy groups -OCH3 is 1. The monoisotopic (exact) mass is 616 g/mol. The van der Waals surface area contributed by atoms with Crippen molar-refractivity contribution in [2.24, 2.45) is 5.92 Å². The molecule has 3 aliphatic heterocycles. The lowest BCUT2D eigenvalue weighted by Gasteiger charge is -2.40. The van der Waals surface area contributed by atoms with Crippen LogP contribution in [0.4, 0.5) is 0 Å². The van der Waals surface area contributed by atoms with Crippen LogP contribution in [0.25, 0.3) is 6.08 Å². The lowest BCUT2D eigenvalue weighted by Crippen LogP contribution is -2.56. The number of fused-ring (bicyclic) bond motifs is 15. The highest BCUT2D eigenvalue weighted by Crippen LogP contribution is 2.43. The van der Waals surface area contributed by atoms with Crippen LogP contribution in [0.3, 0.4) is 0 Å². The molecular formula is C35H44N4O6. The highest BCUT2D eigenvalue weighted by atomic mass is 16.5. The van der Waals surface area contributed by atoms with Crippen molar-refractivity contribution in [2.75, 3.05) is 46.5 Å². The van der Waals surface area contributed by atoms with Crippen molar-refractivity contribution in [3.63, 3.8) is 0 Å². The van der Waals surface area contributed by atoms with Gasteiger partial charge in [-0.3, -0.25) is 19.2 Å². The van der Waals surface area contributed by atoms with Crippen LogP contribution < -0.4 is 15.4 Å². The Kier molecular flexibility index (Phi) is 10.2. The maximum atomic E-state index is 14.0. The van der Waals surface area contributed by atoms with Crippen molar-refractivity contribution >= 4 is 29.7 Å². The Morgan fingerprint density at radius 2 is 1.76 bits per heavy atom. The highest BCUT2D eigenvalue weighted by molar-refractivity contribution is 5.93. The van der Waals surface area contributed by atoms with Gasteiger partial charge in [0.1, 0.15) is 17.8 Å². The number of piperidine rings is 1. The summed E-state index contributed by atoms with van der Waals surface area (Å²) in [6.45, 7) is 4.93. The van der Waals surface area contributed by atoms with Gasteiger partial charge in [0.15, 0.2) is 6.61 Å². The zero-order valence-electron chi connectivity index (χ0n) is 26.4. The molecule has 45 heavy (non-hydrogen) atoms. The number of carbonyl (C=O) groups is 4. The van der Waals surface area contributed by atoms with Gasteiger partial charge in [-0.1, -0.05) is 62.4 Å². The molecule has 0 saturated carbocycles. The summed E-state index contributed by atoms with van der Waals surface area (Å²) in [5, 5.41) is 5.75. The number of rotatable bonds is 6. The number of ether oxygens (including phenoxy) is 2. The first-order chi connectivity index (χ1) is 21.7. The topological polar surface area (TPSA) is 117 Å². The van der Waals surface area contributed by atoms with Crippen LogP contribution >= 0.6 is 0 Å². The zero-order chi connectivity index (χ0) is 32.0. The number of amides is 4. The molecular weight excluding hydrogens is 572 g/mol. The largest absolute Gasteiger partial charge is 0.484 e. The minimum Gasteiger partial charge on any atom is -0.484 e. The SMILES string of the molecule is COCCN1CC(=O)N[C@H](C(=O)N2CCC3(C=Cc4ccccc43)CC2)Cc2ccc(cc2)OCC(=O)N[C@@H](CC(C)C)C1=O. The number of hydrogen-bond acceptors (Lipinski definition) is 6. The Balaban J connectivity index is 1.37. The summed E-state index contributed by atoms with van der Waals surface area (Å²) < 4.78 is 10.9. The molecule has 240 valence electrons. The summed E-state index contributed by atoms with van der Waals surface area (Å²) in [4.78, 5) is 57.3. The molecule has 1 aliphatic carbocycles. The van der Waals surface area contributed by atoms with Crippen molar-refractivity contribution in [2.45, 2.75) is 57.0 Å². The number of nitrogens with zero attached hydrogens (tertiary/aromatic N) is 2. The Morgan fingerprint density at radius 1 is 1.02 bits per heavy atom. The normalized spacial score (nSPS) is 21.9. The van der Waals surface area contributed by atoms with Gasteiger partial charge in [-0.05, 0) is 54.0 Å². The molecule has 1 saturated heterocycles. The van der Waals surface area contributed by atoms with Crippen LogP contribution in [0, 0.1) is 5.92 Å². The zero-order valence-corrected chi connectivity index (χ0v) is 26.4. The van der Waals surface area contributed by atoms with Gasteiger partial charge in [0.05, 0.1) is 13.2 Å². The van der Waals surface area contributed by atoms with Crippen LogP contribution in [0.5, 0.6) is 5.75 Å². The molecule has 10 nitrogen and oxygen atoms in total. The molecule has 1 spiro atoms. The molecule has 10 heteroatoms. The van der Waals surface area contributed by atoms with E-state index in [4.69, 9.17) is 9.47 Å². The molecule has 2 bridgehead atoms. The summed E-state index contributed by atoms with van der Waals surface area (Å²) in [7, 11) is 1.52. The van der Waals surface area contributed by atoms with E-state index in [0.717, 1.165) is 18.4 Å².